The number of anilines is 1. The molecule has 214 valence electrons. The van der Waals surface area contributed by atoms with Gasteiger partial charge < -0.3 is 15.0 Å². The summed E-state index contributed by atoms with van der Waals surface area (Å²) in [7, 11) is -2.70. The van der Waals surface area contributed by atoms with Gasteiger partial charge in [-0.2, -0.15) is 0 Å². The van der Waals surface area contributed by atoms with E-state index >= 15 is 0 Å². The second-order valence-electron chi connectivity index (χ2n) is 9.38. The van der Waals surface area contributed by atoms with Crippen LogP contribution in [0.25, 0.3) is 0 Å². The molecule has 2 amide bonds. The molecule has 1 N–H and O–H groups in total. The van der Waals surface area contributed by atoms with Crippen LogP contribution in [0.1, 0.15) is 32.8 Å². The molecule has 3 rings (SSSR count). The molecule has 11 heteroatoms. The van der Waals surface area contributed by atoms with Crippen molar-refractivity contribution in [1.29, 1.82) is 0 Å². The first-order valence-electron chi connectivity index (χ1n) is 12.7. The topological polar surface area (TPSA) is 96.0 Å². The fourth-order valence-corrected chi connectivity index (χ4v) is 5.90. The number of benzene rings is 3. The number of nitrogens with zero attached hydrogens (tertiary/aromatic N) is 2. The molecule has 0 unspecified atom stereocenters. The molecule has 3 aromatic rings. The highest BCUT2D eigenvalue weighted by Crippen LogP contribution is 2.28. The maximum Gasteiger partial charge on any atom is 0.264 e. The number of carbonyl (C=O) groups excluding carboxylic acids is 2. The smallest absolute Gasteiger partial charge is 0.264 e. The number of sulfonamides is 1. The van der Waals surface area contributed by atoms with Crippen molar-refractivity contribution in [3.63, 3.8) is 0 Å². The van der Waals surface area contributed by atoms with E-state index < -0.39 is 28.5 Å². The summed E-state index contributed by atoms with van der Waals surface area (Å²) in [6.45, 7) is 4.90. The van der Waals surface area contributed by atoms with Crippen molar-refractivity contribution in [2.45, 2.75) is 50.7 Å². The largest absolute Gasteiger partial charge is 0.497 e. The lowest BCUT2D eigenvalue weighted by atomic mass is 10.1. The Labute approximate surface area is 245 Å². The third-order valence-corrected chi connectivity index (χ3v) is 8.63. The summed E-state index contributed by atoms with van der Waals surface area (Å²) < 4.78 is 34.0. The zero-order valence-corrected chi connectivity index (χ0v) is 25.1. The first kappa shape index (κ1) is 31.3. The number of hydrogen-bond acceptors (Lipinski definition) is 5. The number of amides is 2. The average molecular weight is 607 g/mol. The molecular formula is C29H33Cl2N3O5S. The predicted octanol–water partition coefficient (Wildman–Crippen LogP) is 5.53. The molecule has 0 fully saturated rings. The van der Waals surface area contributed by atoms with Crippen LogP contribution in [0.2, 0.25) is 10.0 Å². The second-order valence-corrected chi connectivity index (χ2v) is 12.1. The lowest BCUT2D eigenvalue weighted by Crippen LogP contribution is -2.53. The molecule has 0 radical (unpaired) electrons. The third kappa shape index (κ3) is 7.68. The Kier molecular flexibility index (Phi) is 10.8. The van der Waals surface area contributed by atoms with Gasteiger partial charge in [0, 0.05) is 18.7 Å². The molecule has 0 aliphatic heterocycles. The van der Waals surface area contributed by atoms with Crippen LogP contribution in [0.4, 0.5) is 5.69 Å². The number of carbonyl (C=O) groups is 2. The molecule has 0 saturated carbocycles. The zero-order valence-electron chi connectivity index (χ0n) is 22.8. The Balaban J connectivity index is 2.08. The van der Waals surface area contributed by atoms with Crippen LogP contribution in [0.15, 0.2) is 77.7 Å². The van der Waals surface area contributed by atoms with Crippen molar-refractivity contribution in [3.8, 4) is 5.75 Å². The van der Waals surface area contributed by atoms with Crippen molar-refractivity contribution >= 4 is 50.7 Å². The van der Waals surface area contributed by atoms with Gasteiger partial charge in [0.2, 0.25) is 11.8 Å². The van der Waals surface area contributed by atoms with Crippen molar-refractivity contribution in [1.82, 2.24) is 10.2 Å². The van der Waals surface area contributed by atoms with E-state index in [2.05, 4.69) is 5.32 Å². The number of nitrogens with one attached hydrogen (secondary N) is 1. The summed E-state index contributed by atoms with van der Waals surface area (Å²) in [5, 5.41) is 3.52. The molecule has 0 spiro atoms. The van der Waals surface area contributed by atoms with E-state index in [0.29, 0.717) is 27.8 Å². The average Bonchev–Trinajstić information content (AvgIpc) is 2.93. The third-order valence-electron chi connectivity index (χ3n) is 6.11. The molecule has 40 heavy (non-hydrogen) atoms. The van der Waals surface area contributed by atoms with Gasteiger partial charge in [-0.25, -0.2) is 8.42 Å². The normalized spacial score (nSPS) is 12.1. The summed E-state index contributed by atoms with van der Waals surface area (Å²) in [4.78, 5) is 28.7. The maximum atomic E-state index is 14.1. The van der Waals surface area contributed by atoms with Crippen LogP contribution < -0.4 is 14.4 Å². The van der Waals surface area contributed by atoms with Gasteiger partial charge in [0.1, 0.15) is 18.3 Å². The van der Waals surface area contributed by atoms with E-state index in [9.17, 15) is 18.0 Å². The molecule has 0 aromatic heterocycles. The Morgan fingerprint density at radius 1 is 0.950 bits per heavy atom. The highest BCUT2D eigenvalue weighted by atomic mass is 35.5. The van der Waals surface area contributed by atoms with E-state index in [1.54, 1.807) is 67.6 Å². The van der Waals surface area contributed by atoms with Gasteiger partial charge in [0.15, 0.2) is 0 Å². The van der Waals surface area contributed by atoms with Gasteiger partial charge in [-0.05, 0) is 62.2 Å². The van der Waals surface area contributed by atoms with Crippen molar-refractivity contribution < 1.29 is 22.7 Å². The summed E-state index contributed by atoms with van der Waals surface area (Å²) in [6.07, 6.45) is 0.302. The van der Waals surface area contributed by atoms with Gasteiger partial charge in [-0.1, -0.05) is 60.5 Å². The van der Waals surface area contributed by atoms with Gasteiger partial charge in [0.05, 0.1) is 27.7 Å². The van der Waals surface area contributed by atoms with Crippen LogP contribution in [-0.2, 0) is 26.2 Å². The number of hydrogen-bond donors (Lipinski definition) is 1. The van der Waals surface area contributed by atoms with Gasteiger partial charge >= 0.3 is 0 Å². The standard InChI is InChI=1S/C29H33Cl2N3O5S/c1-5-27(29(36)32-20(2)3)33(18-21-14-15-25(30)26(31)16-21)28(35)19-34(22-10-9-11-23(17-22)39-4)40(37,38)24-12-7-6-8-13-24/h6-17,20,27H,5,18-19H2,1-4H3,(H,32,36)/t27-/m1/s1. The highest BCUT2D eigenvalue weighted by molar-refractivity contribution is 7.92. The summed E-state index contributed by atoms with van der Waals surface area (Å²) in [5.41, 5.74) is 0.878. The van der Waals surface area contributed by atoms with E-state index in [-0.39, 0.29) is 29.1 Å². The first-order valence-corrected chi connectivity index (χ1v) is 14.9. The minimum absolute atomic E-state index is 0.0110. The van der Waals surface area contributed by atoms with Crippen LogP contribution in [0.3, 0.4) is 0 Å². The number of ether oxygens (including phenoxy) is 1. The van der Waals surface area contributed by atoms with Crippen molar-refractivity contribution in [2.75, 3.05) is 18.0 Å². The van der Waals surface area contributed by atoms with Gasteiger partial charge in [0.25, 0.3) is 10.0 Å². The highest BCUT2D eigenvalue weighted by Gasteiger charge is 2.34. The van der Waals surface area contributed by atoms with Crippen LogP contribution in [0, 0.1) is 0 Å². The molecule has 3 aromatic carbocycles. The van der Waals surface area contributed by atoms with Gasteiger partial charge in [-0.15, -0.1) is 0 Å². The number of rotatable bonds is 12. The van der Waals surface area contributed by atoms with Crippen LogP contribution in [-0.4, -0.2) is 50.9 Å². The lowest BCUT2D eigenvalue weighted by molar-refractivity contribution is -0.140. The fourth-order valence-electron chi connectivity index (χ4n) is 4.15. The second kappa shape index (κ2) is 13.9. The molecule has 0 saturated heterocycles. The van der Waals surface area contributed by atoms with E-state index in [1.807, 2.05) is 13.8 Å². The Morgan fingerprint density at radius 3 is 2.25 bits per heavy atom. The Bertz CT molecular complexity index is 1430. The summed E-state index contributed by atoms with van der Waals surface area (Å²) in [5.74, 6) is -0.488. The molecule has 0 heterocycles. The zero-order chi connectivity index (χ0) is 29.4. The number of halogens is 2. The minimum atomic E-state index is -4.17. The molecule has 0 bridgehead atoms. The molecular weight excluding hydrogens is 573 g/mol. The monoisotopic (exact) mass is 605 g/mol. The molecule has 1 atom stereocenters. The number of methoxy groups -OCH3 is 1. The summed E-state index contributed by atoms with van der Waals surface area (Å²) in [6, 6.07) is 18.2. The van der Waals surface area contributed by atoms with E-state index in [4.69, 9.17) is 27.9 Å². The summed E-state index contributed by atoms with van der Waals surface area (Å²) >= 11 is 12.3. The van der Waals surface area contributed by atoms with E-state index in [1.165, 1.54) is 24.1 Å². The van der Waals surface area contributed by atoms with Crippen molar-refractivity contribution in [2.24, 2.45) is 0 Å². The fraction of sp³-hybridized carbons (Fsp3) is 0.310. The predicted molar refractivity (Wildman–Crippen MR) is 158 cm³/mol. The lowest BCUT2D eigenvalue weighted by Gasteiger charge is -2.33. The van der Waals surface area contributed by atoms with Crippen LogP contribution in [0.5, 0.6) is 5.75 Å². The Morgan fingerprint density at radius 2 is 1.65 bits per heavy atom. The maximum absolute atomic E-state index is 14.1. The van der Waals surface area contributed by atoms with E-state index in [0.717, 1.165) is 4.31 Å². The minimum Gasteiger partial charge on any atom is -0.497 e. The molecule has 8 nitrogen and oxygen atoms in total. The van der Waals surface area contributed by atoms with Crippen molar-refractivity contribution in [3.05, 3.63) is 88.4 Å². The Hall–Kier alpha value is -3.27. The SMILES string of the molecule is CC[C@H](C(=O)NC(C)C)N(Cc1ccc(Cl)c(Cl)c1)C(=O)CN(c1cccc(OC)c1)S(=O)(=O)c1ccccc1. The first-order chi connectivity index (χ1) is 19.0. The van der Waals surface area contributed by atoms with Gasteiger partial charge in [-0.3, -0.25) is 13.9 Å². The molecule has 0 aliphatic carbocycles. The molecule has 0 aliphatic rings. The quantitative estimate of drug-likeness (QED) is 0.293. The van der Waals surface area contributed by atoms with Crippen LogP contribution >= 0.6 is 23.2 Å².